The van der Waals surface area contributed by atoms with Crippen molar-refractivity contribution in [2.24, 2.45) is 5.73 Å². The lowest BCUT2D eigenvalue weighted by molar-refractivity contribution is -0.133. The first-order chi connectivity index (χ1) is 9.66. The molecule has 0 spiro atoms. The summed E-state index contributed by atoms with van der Waals surface area (Å²) in [7, 11) is 0. The Morgan fingerprint density at radius 3 is 2.55 bits per heavy atom. The summed E-state index contributed by atoms with van der Waals surface area (Å²) < 4.78 is 0. The molecule has 1 amide bonds. The maximum absolute atomic E-state index is 12.4. The summed E-state index contributed by atoms with van der Waals surface area (Å²) in [6.07, 6.45) is 6.20. The van der Waals surface area contributed by atoms with Crippen molar-refractivity contribution in [3.63, 3.8) is 0 Å². The fourth-order valence-corrected chi connectivity index (χ4v) is 3.01. The molecule has 2 N–H and O–H groups in total. The highest BCUT2D eigenvalue weighted by atomic mass is 16.2. The van der Waals surface area contributed by atoms with Crippen LogP contribution in [-0.4, -0.2) is 29.4 Å². The third-order valence-electron chi connectivity index (χ3n) is 4.07. The minimum Gasteiger partial charge on any atom is -0.339 e. The summed E-state index contributed by atoms with van der Waals surface area (Å²) >= 11 is 0. The zero-order valence-electron chi connectivity index (χ0n) is 12.4. The van der Waals surface area contributed by atoms with Gasteiger partial charge >= 0.3 is 0 Å². The minimum absolute atomic E-state index is 0.0527. The first-order valence-electron chi connectivity index (χ1n) is 7.76. The van der Waals surface area contributed by atoms with E-state index in [9.17, 15) is 4.79 Å². The molecule has 3 nitrogen and oxygen atoms in total. The normalized spacial score (nSPS) is 17.1. The Bertz CT molecular complexity index is 410. The maximum Gasteiger partial charge on any atom is 0.224 e. The van der Waals surface area contributed by atoms with Crippen molar-refractivity contribution < 1.29 is 4.79 Å². The summed E-state index contributed by atoms with van der Waals surface area (Å²) in [5, 5.41) is 0. The van der Waals surface area contributed by atoms with Crippen molar-refractivity contribution in [2.75, 3.05) is 6.54 Å². The molecular weight excluding hydrogens is 248 g/mol. The second kappa shape index (κ2) is 7.44. The molecule has 0 aliphatic heterocycles. The van der Waals surface area contributed by atoms with Gasteiger partial charge in [-0.3, -0.25) is 4.79 Å². The number of benzene rings is 1. The Kier molecular flexibility index (Phi) is 5.60. The molecule has 2 rings (SSSR count). The second-order valence-electron chi connectivity index (χ2n) is 5.94. The van der Waals surface area contributed by atoms with Gasteiger partial charge in [0.05, 0.1) is 0 Å². The van der Waals surface area contributed by atoms with Crippen LogP contribution in [0.5, 0.6) is 0 Å². The van der Waals surface area contributed by atoms with Crippen LogP contribution in [0.25, 0.3) is 0 Å². The van der Waals surface area contributed by atoms with Gasteiger partial charge in [-0.25, -0.2) is 0 Å². The lowest BCUT2D eigenvalue weighted by atomic mass is 10.1. The molecule has 3 heteroatoms. The molecule has 0 radical (unpaired) electrons. The molecule has 1 aromatic carbocycles. The minimum atomic E-state index is -0.0527. The van der Waals surface area contributed by atoms with Crippen molar-refractivity contribution >= 4 is 5.91 Å². The number of carbonyl (C=O) groups is 1. The van der Waals surface area contributed by atoms with Crippen molar-refractivity contribution in [1.29, 1.82) is 0 Å². The van der Waals surface area contributed by atoms with E-state index in [0.29, 0.717) is 12.5 Å². The zero-order valence-corrected chi connectivity index (χ0v) is 12.4. The summed E-state index contributed by atoms with van der Waals surface area (Å²) in [5.74, 6) is 0.225. The number of hydrogen-bond acceptors (Lipinski definition) is 2. The molecule has 1 aromatic rings. The Hall–Kier alpha value is -1.35. The van der Waals surface area contributed by atoms with Crippen LogP contribution in [0.3, 0.4) is 0 Å². The quantitative estimate of drug-likeness (QED) is 0.867. The molecule has 1 atom stereocenters. The van der Waals surface area contributed by atoms with Crippen LogP contribution in [0.4, 0.5) is 0 Å². The van der Waals surface area contributed by atoms with Gasteiger partial charge in [0.2, 0.25) is 5.91 Å². The van der Waals surface area contributed by atoms with Crippen LogP contribution in [0.1, 0.15) is 44.6 Å². The highest BCUT2D eigenvalue weighted by molar-refractivity contribution is 5.77. The molecule has 1 fully saturated rings. The first-order valence-corrected chi connectivity index (χ1v) is 7.76. The van der Waals surface area contributed by atoms with Crippen LogP contribution >= 0.6 is 0 Å². The van der Waals surface area contributed by atoms with Crippen molar-refractivity contribution in [3.05, 3.63) is 35.9 Å². The van der Waals surface area contributed by atoms with E-state index < -0.39 is 0 Å². The van der Waals surface area contributed by atoms with Gasteiger partial charge in [0, 0.05) is 25.0 Å². The van der Waals surface area contributed by atoms with E-state index in [1.165, 1.54) is 18.4 Å². The Morgan fingerprint density at radius 2 is 1.95 bits per heavy atom. The fraction of sp³-hybridized carbons (Fsp3) is 0.588. The van der Waals surface area contributed by atoms with Gasteiger partial charge in [0.15, 0.2) is 0 Å². The summed E-state index contributed by atoms with van der Waals surface area (Å²) in [4.78, 5) is 14.5. The van der Waals surface area contributed by atoms with Gasteiger partial charge in [-0.15, -0.1) is 0 Å². The molecule has 1 saturated carbocycles. The van der Waals surface area contributed by atoms with Crippen LogP contribution in [0, 0.1) is 0 Å². The topological polar surface area (TPSA) is 46.3 Å². The predicted octanol–water partition coefficient (Wildman–Crippen LogP) is 2.74. The third-order valence-corrected chi connectivity index (χ3v) is 4.07. The number of nitrogens with zero attached hydrogens (tertiary/aromatic N) is 1. The maximum atomic E-state index is 12.4. The first kappa shape index (κ1) is 15.0. The van der Waals surface area contributed by atoms with Crippen LogP contribution < -0.4 is 5.73 Å². The van der Waals surface area contributed by atoms with E-state index in [-0.39, 0.29) is 11.9 Å². The van der Waals surface area contributed by atoms with Crippen molar-refractivity contribution in [1.82, 2.24) is 4.90 Å². The predicted molar refractivity (Wildman–Crippen MR) is 82.4 cm³/mol. The van der Waals surface area contributed by atoms with Gasteiger partial charge in [0.25, 0.3) is 0 Å². The number of amides is 1. The average molecular weight is 274 g/mol. The standard InChI is InChI=1S/C17H26N2O/c1-14(18)13-17(20)19(16-9-5-6-10-16)12-11-15-7-3-2-4-8-15/h2-4,7-8,14,16H,5-6,9-13,18H2,1H3. The smallest absolute Gasteiger partial charge is 0.224 e. The van der Waals surface area contributed by atoms with E-state index in [2.05, 4.69) is 29.2 Å². The molecule has 110 valence electrons. The lowest BCUT2D eigenvalue weighted by Crippen LogP contribution is -2.42. The number of carbonyl (C=O) groups excluding carboxylic acids is 1. The lowest BCUT2D eigenvalue weighted by Gasteiger charge is -2.30. The number of rotatable bonds is 6. The van der Waals surface area contributed by atoms with Crippen molar-refractivity contribution in [2.45, 2.75) is 57.5 Å². The van der Waals surface area contributed by atoms with E-state index in [0.717, 1.165) is 25.8 Å². The largest absolute Gasteiger partial charge is 0.339 e. The molecule has 1 aliphatic carbocycles. The summed E-state index contributed by atoms with van der Waals surface area (Å²) in [6, 6.07) is 10.8. The number of hydrogen-bond donors (Lipinski definition) is 1. The van der Waals surface area contributed by atoms with E-state index in [1.807, 2.05) is 13.0 Å². The monoisotopic (exact) mass is 274 g/mol. The van der Waals surface area contributed by atoms with E-state index in [4.69, 9.17) is 5.73 Å². The SMILES string of the molecule is CC(N)CC(=O)N(CCc1ccccc1)C1CCCC1. The highest BCUT2D eigenvalue weighted by Crippen LogP contribution is 2.24. The molecular formula is C17H26N2O. The average Bonchev–Trinajstić information content (AvgIpc) is 2.93. The third kappa shape index (κ3) is 4.34. The van der Waals surface area contributed by atoms with E-state index in [1.54, 1.807) is 0 Å². The molecule has 1 unspecified atom stereocenters. The molecule has 1 aliphatic rings. The van der Waals surface area contributed by atoms with Gasteiger partial charge < -0.3 is 10.6 Å². The van der Waals surface area contributed by atoms with Gasteiger partial charge in [-0.2, -0.15) is 0 Å². The summed E-state index contributed by atoms with van der Waals surface area (Å²) in [5.41, 5.74) is 7.09. The molecule has 0 heterocycles. The van der Waals surface area contributed by atoms with Crippen LogP contribution in [0.2, 0.25) is 0 Å². The Labute approximate surface area is 122 Å². The van der Waals surface area contributed by atoms with Crippen molar-refractivity contribution in [3.8, 4) is 0 Å². The highest BCUT2D eigenvalue weighted by Gasteiger charge is 2.26. The molecule has 0 bridgehead atoms. The second-order valence-corrected chi connectivity index (χ2v) is 5.94. The van der Waals surface area contributed by atoms with Crippen LogP contribution in [0.15, 0.2) is 30.3 Å². The van der Waals surface area contributed by atoms with Gasteiger partial charge in [0.1, 0.15) is 0 Å². The van der Waals surface area contributed by atoms with Gasteiger partial charge in [-0.1, -0.05) is 43.2 Å². The van der Waals surface area contributed by atoms with E-state index >= 15 is 0 Å². The summed E-state index contributed by atoms with van der Waals surface area (Å²) in [6.45, 7) is 2.72. The Morgan fingerprint density at radius 1 is 1.30 bits per heavy atom. The van der Waals surface area contributed by atoms with Gasteiger partial charge in [-0.05, 0) is 31.7 Å². The zero-order chi connectivity index (χ0) is 14.4. The molecule has 20 heavy (non-hydrogen) atoms. The molecule has 0 saturated heterocycles. The Balaban J connectivity index is 1.96. The number of nitrogens with two attached hydrogens (primary N) is 1. The molecule has 0 aromatic heterocycles. The van der Waals surface area contributed by atoms with Crippen LogP contribution in [-0.2, 0) is 11.2 Å². The fourth-order valence-electron chi connectivity index (χ4n) is 3.01.